The fourth-order valence-corrected chi connectivity index (χ4v) is 4.62. The van der Waals surface area contributed by atoms with Crippen LogP contribution in [-0.2, 0) is 4.79 Å². The SMILES string of the molecule is O=C(CCCC[C@@H]1SC[C@@H]2NC(=O)N[C@@H]21)Nc1ccc(F)cc1F. The van der Waals surface area contributed by atoms with Crippen molar-refractivity contribution >= 4 is 29.4 Å². The predicted molar refractivity (Wildman–Crippen MR) is 88.9 cm³/mol. The molecule has 1 aromatic rings. The summed E-state index contributed by atoms with van der Waals surface area (Å²) in [5, 5.41) is 8.65. The molecule has 2 fully saturated rings. The summed E-state index contributed by atoms with van der Waals surface area (Å²) >= 11 is 1.84. The highest BCUT2D eigenvalue weighted by atomic mass is 32.2. The molecule has 3 amide bonds. The molecule has 1 aromatic carbocycles. The van der Waals surface area contributed by atoms with Crippen molar-refractivity contribution in [2.45, 2.75) is 43.0 Å². The molecule has 0 aromatic heterocycles. The molecule has 0 radical (unpaired) electrons. The van der Waals surface area contributed by atoms with Crippen molar-refractivity contribution < 1.29 is 18.4 Å². The van der Waals surface area contributed by atoms with Gasteiger partial charge in [-0.15, -0.1) is 0 Å². The van der Waals surface area contributed by atoms with E-state index >= 15 is 0 Å². The molecule has 2 heterocycles. The van der Waals surface area contributed by atoms with Crippen LogP contribution in [0.3, 0.4) is 0 Å². The summed E-state index contributed by atoms with van der Waals surface area (Å²) in [5.41, 5.74) is -0.00432. The third kappa shape index (κ3) is 3.98. The van der Waals surface area contributed by atoms with Gasteiger partial charge >= 0.3 is 6.03 Å². The van der Waals surface area contributed by atoms with E-state index in [1.807, 2.05) is 11.8 Å². The first-order valence-corrected chi connectivity index (χ1v) is 9.01. The molecule has 0 spiro atoms. The molecule has 24 heavy (non-hydrogen) atoms. The van der Waals surface area contributed by atoms with Crippen molar-refractivity contribution in [3.63, 3.8) is 0 Å². The van der Waals surface area contributed by atoms with E-state index in [1.165, 1.54) is 6.07 Å². The number of carbonyl (C=O) groups is 2. The summed E-state index contributed by atoms with van der Waals surface area (Å²) < 4.78 is 26.3. The van der Waals surface area contributed by atoms with Crippen LogP contribution in [0.2, 0.25) is 0 Å². The van der Waals surface area contributed by atoms with Gasteiger partial charge in [0.15, 0.2) is 0 Å². The Labute approximate surface area is 142 Å². The zero-order valence-electron chi connectivity index (χ0n) is 13.0. The number of unbranched alkanes of at least 4 members (excludes halogenated alkanes) is 1. The summed E-state index contributed by atoms with van der Waals surface area (Å²) in [6.07, 6.45) is 2.75. The van der Waals surface area contributed by atoms with Crippen LogP contribution in [0, 0.1) is 11.6 Å². The largest absolute Gasteiger partial charge is 0.332 e. The molecule has 2 aliphatic rings. The Balaban J connectivity index is 1.37. The zero-order chi connectivity index (χ0) is 17.1. The van der Waals surface area contributed by atoms with Gasteiger partial charge in [-0.05, 0) is 25.0 Å². The number of amides is 3. The fraction of sp³-hybridized carbons (Fsp3) is 0.500. The Morgan fingerprint density at radius 2 is 2.12 bits per heavy atom. The first-order valence-electron chi connectivity index (χ1n) is 7.96. The van der Waals surface area contributed by atoms with E-state index in [0.717, 1.165) is 30.7 Å². The van der Waals surface area contributed by atoms with Gasteiger partial charge in [-0.25, -0.2) is 13.6 Å². The van der Waals surface area contributed by atoms with Crippen molar-refractivity contribution in [3.05, 3.63) is 29.8 Å². The molecule has 3 atom stereocenters. The average Bonchev–Trinajstić information content (AvgIpc) is 3.06. The molecular formula is C16H19F2N3O2S. The summed E-state index contributed by atoms with van der Waals surface area (Å²) in [7, 11) is 0. The normalized spacial score (nSPS) is 25.1. The smallest absolute Gasteiger partial charge is 0.315 e. The number of fused-ring (bicyclic) bond motifs is 1. The molecule has 0 saturated carbocycles. The Kier molecular flexibility index (Phi) is 5.23. The topological polar surface area (TPSA) is 70.2 Å². The number of nitrogens with one attached hydrogen (secondary N) is 3. The molecule has 2 saturated heterocycles. The number of hydrogen-bond acceptors (Lipinski definition) is 3. The van der Waals surface area contributed by atoms with Crippen LogP contribution in [0.1, 0.15) is 25.7 Å². The molecule has 2 aliphatic heterocycles. The Bertz CT molecular complexity index is 644. The van der Waals surface area contributed by atoms with Crippen LogP contribution in [0.25, 0.3) is 0 Å². The number of anilines is 1. The highest BCUT2D eigenvalue weighted by Crippen LogP contribution is 2.33. The van der Waals surface area contributed by atoms with E-state index < -0.39 is 11.6 Å². The molecule has 0 unspecified atom stereocenters. The van der Waals surface area contributed by atoms with Crippen LogP contribution in [0.4, 0.5) is 19.3 Å². The van der Waals surface area contributed by atoms with E-state index in [1.54, 1.807) is 0 Å². The lowest BCUT2D eigenvalue weighted by atomic mass is 10.0. The Morgan fingerprint density at radius 1 is 1.29 bits per heavy atom. The van der Waals surface area contributed by atoms with Crippen molar-refractivity contribution in [2.24, 2.45) is 0 Å². The molecule has 3 N–H and O–H groups in total. The predicted octanol–water partition coefficient (Wildman–Crippen LogP) is 2.63. The number of urea groups is 1. The number of rotatable bonds is 6. The number of halogens is 2. The number of hydrogen-bond donors (Lipinski definition) is 3. The lowest BCUT2D eigenvalue weighted by Crippen LogP contribution is -2.36. The van der Waals surface area contributed by atoms with Crippen LogP contribution < -0.4 is 16.0 Å². The molecule has 8 heteroatoms. The summed E-state index contributed by atoms with van der Waals surface area (Å²) in [5.74, 6) is -0.820. The third-order valence-electron chi connectivity index (χ3n) is 4.29. The highest BCUT2D eigenvalue weighted by Gasteiger charge is 2.42. The zero-order valence-corrected chi connectivity index (χ0v) is 13.8. The molecule has 0 aliphatic carbocycles. The number of carbonyl (C=O) groups excluding carboxylic acids is 2. The van der Waals surface area contributed by atoms with Crippen LogP contribution in [0.5, 0.6) is 0 Å². The Hall–Kier alpha value is -1.83. The van der Waals surface area contributed by atoms with Gasteiger partial charge in [0.2, 0.25) is 5.91 Å². The van der Waals surface area contributed by atoms with Gasteiger partial charge in [-0.2, -0.15) is 11.8 Å². The van der Waals surface area contributed by atoms with Crippen molar-refractivity contribution in [3.8, 4) is 0 Å². The standard InChI is InChI=1S/C16H19F2N3O2S/c17-9-5-6-11(10(18)7-9)19-14(22)4-2-1-3-13-15-12(8-24-13)20-16(23)21-15/h5-7,12-13,15H,1-4,8H2,(H,19,22)(H2,20,21,23)/t12-,13-,15-/m0/s1. The van der Waals surface area contributed by atoms with Gasteiger partial charge in [-0.3, -0.25) is 4.79 Å². The highest BCUT2D eigenvalue weighted by molar-refractivity contribution is 8.00. The van der Waals surface area contributed by atoms with Gasteiger partial charge < -0.3 is 16.0 Å². The van der Waals surface area contributed by atoms with Gasteiger partial charge in [0.25, 0.3) is 0 Å². The maximum Gasteiger partial charge on any atom is 0.315 e. The molecule has 3 rings (SSSR count). The average molecular weight is 355 g/mol. The molecule has 5 nitrogen and oxygen atoms in total. The molecule has 0 bridgehead atoms. The van der Waals surface area contributed by atoms with Crippen molar-refractivity contribution in [1.82, 2.24) is 10.6 Å². The van der Waals surface area contributed by atoms with E-state index in [0.29, 0.717) is 11.7 Å². The summed E-state index contributed by atoms with van der Waals surface area (Å²) in [6, 6.07) is 3.34. The summed E-state index contributed by atoms with van der Waals surface area (Å²) in [4.78, 5) is 23.1. The van der Waals surface area contributed by atoms with Gasteiger partial charge in [0.05, 0.1) is 17.8 Å². The molecule has 130 valence electrons. The maximum absolute atomic E-state index is 13.5. The minimum absolute atomic E-state index is 0.00432. The second-order valence-corrected chi connectivity index (χ2v) is 7.31. The lowest BCUT2D eigenvalue weighted by molar-refractivity contribution is -0.116. The quantitative estimate of drug-likeness (QED) is 0.543. The van der Waals surface area contributed by atoms with Crippen molar-refractivity contribution in [2.75, 3.05) is 11.1 Å². The van der Waals surface area contributed by atoms with Gasteiger partial charge in [0, 0.05) is 23.5 Å². The van der Waals surface area contributed by atoms with Crippen LogP contribution >= 0.6 is 11.8 Å². The molecular weight excluding hydrogens is 336 g/mol. The maximum atomic E-state index is 13.5. The van der Waals surface area contributed by atoms with E-state index in [-0.39, 0.29) is 36.1 Å². The summed E-state index contributed by atoms with van der Waals surface area (Å²) in [6.45, 7) is 0. The number of thioether (sulfide) groups is 1. The second kappa shape index (κ2) is 7.38. The van der Waals surface area contributed by atoms with E-state index in [9.17, 15) is 18.4 Å². The minimum atomic E-state index is -0.777. The minimum Gasteiger partial charge on any atom is -0.332 e. The van der Waals surface area contributed by atoms with E-state index in [2.05, 4.69) is 16.0 Å². The van der Waals surface area contributed by atoms with Gasteiger partial charge in [0.1, 0.15) is 11.6 Å². The first-order chi connectivity index (χ1) is 11.5. The van der Waals surface area contributed by atoms with Gasteiger partial charge in [-0.1, -0.05) is 6.42 Å². The first kappa shape index (κ1) is 17.0. The van der Waals surface area contributed by atoms with Crippen molar-refractivity contribution in [1.29, 1.82) is 0 Å². The monoisotopic (exact) mass is 355 g/mol. The van der Waals surface area contributed by atoms with Crippen LogP contribution in [0.15, 0.2) is 18.2 Å². The Morgan fingerprint density at radius 3 is 2.92 bits per heavy atom. The third-order valence-corrected chi connectivity index (χ3v) is 5.79. The lowest BCUT2D eigenvalue weighted by Gasteiger charge is -2.16. The van der Waals surface area contributed by atoms with E-state index in [4.69, 9.17) is 0 Å². The fourth-order valence-electron chi connectivity index (χ4n) is 3.08. The van der Waals surface area contributed by atoms with Crippen LogP contribution in [-0.4, -0.2) is 35.0 Å². The second-order valence-electron chi connectivity index (χ2n) is 6.04. The number of benzene rings is 1.